The fraction of sp³-hybridized carbons (Fsp3) is 0.500. The first-order valence-electron chi connectivity index (χ1n) is 8.37. The van der Waals surface area contributed by atoms with Crippen molar-refractivity contribution in [2.45, 2.75) is 33.2 Å². The Balaban J connectivity index is 0.00000225. The Morgan fingerprint density at radius 2 is 1.96 bits per heavy atom. The Morgan fingerprint density at radius 1 is 1.32 bits per heavy atom. The maximum Gasteiger partial charge on any atom is 0.274 e. The standard InChI is InChI=1S/C18H24N4O2.ClH/c1-12(2)22-16(23)14-7-5-4-6-13(14)15(20-22)17(24)21-9-8-18(3,10-19)11-21;/h4-7,12H,8-11,19H2,1-3H3;1H. The molecule has 2 N–H and O–H groups in total. The summed E-state index contributed by atoms with van der Waals surface area (Å²) in [7, 11) is 0. The number of aromatic nitrogens is 2. The molecule has 1 aromatic heterocycles. The van der Waals surface area contributed by atoms with E-state index in [0.29, 0.717) is 36.1 Å². The van der Waals surface area contributed by atoms with E-state index >= 15 is 0 Å². The molecule has 1 aromatic carbocycles. The Labute approximate surface area is 153 Å². The normalized spacial score (nSPS) is 20.1. The lowest BCUT2D eigenvalue weighted by Gasteiger charge is -2.23. The predicted octanol–water partition coefficient (Wildman–Crippen LogP) is 2.21. The third-order valence-corrected chi connectivity index (χ3v) is 4.86. The molecule has 7 heteroatoms. The van der Waals surface area contributed by atoms with E-state index in [0.717, 1.165) is 6.42 Å². The van der Waals surface area contributed by atoms with Crippen LogP contribution in [0.25, 0.3) is 10.8 Å². The highest BCUT2D eigenvalue weighted by Gasteiger charge is 2.36. The third-order valence-electron chi connectivity index (χ3n) is 4.86. The molecule has 0 aliphatic carbocycles. The van der Waals surface area contributed by atoms with Gasteiger partial charge in [0.05, 0.1) is 11.4 Å². The molecular formula is C18H25ClN4O2. The fourth-order valence-corrected chi connectivity index (χ4v) is 3.23. The van der Waals surface area contributed by atoms with Crippen LogP contribution in [-0.2, 0) is 0 Å². The highest BCUT2D eigenvalue weighted by atomic mass is 35.5. The number of fused-ring (bicyclic) bond motifs is 1. The summed E-state index contributed by atoms with van der Waals surface area (Å²) < 4.78 is 1.40. The molecule has 2 aromatic rings. The molecule has 0 saturated carbocycles. The van der Waals surface area contributed by atoms with E-state index in [4.69, 9.17) is 5.73 Å². The number of likely N-dealkylation sites (tertiary alicyclic amines) is 1. The number of nitrogens with two attached hydrogens (primary N) is 1. The zero-order valence-electron chi connectivity index (χ0n) is 14.9. The van der Waals surface area contributed by atoms with E-state index in [1.54, 1.807) is 17.0 Å². The van der Waals surface area contributed by atoms with Gasteiger partial charge in [-0.2, -0.15) is 5.10 Å². The molecule has 1 aliphatic heterocycles. The molecule has 1 atom stereocenters. The number of rotatable bonds is 3. The van der Waals surface area contributed by atoms with Gasteiger partial charge in [-0.05, 0) is 38.3 Å². The lowest BCUT2D eigenvalue weighted by atomic mass is 9.90. The van der Waals surface area contributed by atoms with Gasteiger partial charge in [-0.1, -0.05) is 25.1 Å². The average Bonchev–Trinajstić information content (AvgIpc) is 2.98. The molecule has 136 valence electrons. The molecule has 1 saturated heterocycles. The summed E-state index contributed by atoms with van der Waals surface area (Å²) in [5.41, 5.74) is 5.99. The van der Waals surface area contributed by atoms with Gasteiger partial charge >= 0.3 is 0 Å². The van der Waals surface area contributed by atoms with Crippen molar-refractivity contribution >= 4 is 29.1 Å². The predicted molar refractivity (Wildman–Crippen MR) is 101 cm³/mol. The van der Waals surface area contributed by atoms with E-state index in [2.05, 4.69) is 12.0 Å². The molecule has 6 nitrogen and oxygen atoms in total. The highest BCUT2D eigenvalue weighted by molar-refractivity contribution is 6.04. The molecule has 1 fully saturated rings. The number of hydrogen-bond acceptors (Lipinski definition) is 4. The van der Waals surface area contributed by atoms with Gasteiger partial charge in [0.25, 0.3) is 11.5 Å². The zero-order chi connectivity index (χ0) is 17.5. The zero-order valence-corrected chi connectivity index (χ0v) is 15.7. The minimum atomic E-state index is -0.162. The van der Waals surface area contributed by atoms with Gasteiger partial charge in [0.15, 0.2) is 5.69 Å². The summed E-state index contributed by atoms with van der Waals surface area (Å²) >= 11 is 0. The van der Waals surface area contributed by atoms with Gasteiger partial charge in [-0.25, -0.2) is 4.68 Å². The largest absolute Gasteiger partial charge is 0.337 e. The van der Waals surface area contributed by atoms with Crippen molar-refractivity contribution < 1.29 is 4.79 Å². The van der Waals surface area contributed by atoms with Crippen LogP contribution in [0.5, 0.6) is 0 Å². The molecule has 0 radical (unpaired) electrons. The Kier molecular flexibility index (Phi) is 5.54. The van der Waals surface area contributed by atoms with E-state index < -0.39 is 0 Å². The first-order chi connectivity index (χ1) is 11.4. The fourth-order valence-electron chi connectivity index (χ4n) is 3.23. The first-order valence-corrected chi connectivity index (χ1v) is 8.37. The first kappa shape index (κ1) is 19.4. The van der Waals surface area contributed by atoms with Crippen molar-refractivity contribution in [1.29, 1.82) is 0 Å². The van der Waals surface area contributed by atoms with Crippen LogP contribution in [0.15, 0.2) is 29.1 Å². The molecule has 1 amide bonds. The van der Waals surface area contributed by atoms with Crippen LogP contribution in [0.1, 0.15) is 43.7 Å². The summed E-state index contributed by atoms with van der Waals surface area (Å²) in [6, 6.07) is 7.07. The number of carbonyl (C=O) groups is 1. The molecule has 1 aliphatic rings. The monoisotopic (exact) mass is 364 g/mol. The molecule has 2 heterocycles. The average molecular weight is 365 g/mol. The summed E-state index contributed by atoms with van der Waals surface area (Å²) in [5, 5.41) is 5.55. The quantitative estimate of drug-likeness (QED) is 0.905. The van der Waals surface area contributed by atoms with Crippen molar-refractivity contribution in [2.24, 2.45) is 11.1 Å². The van der Waals surface area contributed by atoms with E-state index in [-0.39, 0.29) is 35.3 Å². The number of halogens is 1. The lowest BCUT2D eigenvalue weighted by molar-refractivity contribution is 0.0770. The maximum atomic E-state index is 13.1. The number of amides is 1. The van der Waals surface area contributed by atoms with Crippen LogP contribution in [0.4, 0.5) is 0 Å². The second kappa shape index (κ2) is 7.14. The lowest BCUT2D eigenvalue weighted by Crippen LogP contribution is -2.36. The third kappa shape index (κ3) is 3.41. The van der Waals surface area contributed by atoms with Gasteiger partial charge in [-0.3, -0.25) is 9.59 Å². The topological polar surface area (TPSA) is 81.2 Å². The second-order valence-corrected chi connectivity index (χ2v) is 7.23. The van der Waals surface area contributed by atoms with E-state index in [9.17, 15) is 9.59 Å². The van der Waals surface area contributed by atoms with Crippen molar-refractivity contribution in [1.82, 2.24) is 14.7 Å². The Morgan fingerprint density at radius 3 is 2.52 bits per heavy atom. The van der Waals surface area contributed by atoms with Crippen LogP contribution in [0, 0.1) is 5.41 Å². The van der Waals surface area contributed by atoms with Gasteiger partial charge in [-0.15, -0.1) is 12.4 Å². The minimum absolute atomic E-state index is 0. The van der Waals surface area contributed by atoms with Crippen LogP contribution < -0.4 is 11.3 Å². The van der Waals surface area contributed by atoms with Crippen molar-refractivity contribution in [3.8, 4) is 0 Å². The molecule has 1 unspecified atom stereocenters. The van der Waals surface area contributed by atoms with Gasteiger partial charge in [0.2, 0.25) is 0 Å². The molecule has 3 rings (SSSR count). The van der Waals surface area contributed by atoms with E-state index in [1.165, 1.54) is 4.68 Å². The van der Waals surface area contributed by atoms with Crippen molar-refractivity contribution in [2.75, 3.05) is 19.6 Å². The van der Waals surface area contributed by atoms with Crippen molar-refractivity contribution in [3.63, 3.8) is 0 Å². The number of benzene rings is 1. The smallest absolute Gasteiger partial charge is 0.274 e. The Bertz CT molecular complexity index is 849. The molecule has 0 spiro atoms. The number of nitrogens with zero attached hydrogens (tertiary/aromatic N) is 3. The summed E-state index contributed by atoms with van der Waals surface area (Å²) in [5.74, 6) is -0.127. The number of carbonyl (C=O) groups excluding carboxylic acids is 1. The second-order valence-electron chi connectivity index (χ2n) is 7.23. The summed E-state index contributed by atoms with van der Waals surface area (Å²) in [6.45, 7) is 7.72. The van der Waals surface area contributed by atoms with Gasteiger partial charge in [0, 0.05) is 18.5 Å². The van der Waals surface area contributed by atoms with Gasteiger partial charge < -0.3 is 10.6 Å². The summed E-state index contributed by atoms with van der Waals surface area (Å²) in [4.78, 5) is 27.4. The Hall–Kier alpha value is -1.92. The number of hydrogen-bond donors (Lipinski definition) is 1. The minimum Gasteiger partial charge on any atom is -0.337 e. The SMILES string of the molecule is CC(C)n1nc(C(=O)N2CCC(C)(CN)C2)c2ccccc2c1=O.Cl. The molecular weight excluding hydrogens is 340 g/mol. The van der Waals surface area contributed by atoms with E-state index in [1.807, 2.05) is 26.0 Å². The van der Waals surface area contributed by atoms with Crippen LogP contribution in [0.3, 0.4) is 0 Å². The van der Waals surface area contributed by atoms with Crippen LogP contribution in [0.2, 0.25) is 0 Å². The van der Waals surface area contributed by atoms with Gasteiger partial charge in [0.1, 0.15) is 0 Å². The molecule has 0 bridgehead atoms. The van der Waals surface area contributed by atoms with Crippen molar-refractivity contribution in [3.05, 3.63) is 40.3 Å². The van der Waals surface area contributed by atoms with Crippen LogP contribution in [-0.4, -0.2) is 40.2 Å². The molecule has 25 heavy (non-hydrogen) atoms. The summed E-state index contributed by atoms with van der Waals surface area (Å²) in [6.07, 6.45) is 0.886. The van der Waals surface area contributed by atoms with Crippen LogP contribution >= 0.6 is 12.4 Å². The highest BCUT2D eigenvalue weighted by Crippen LogP contribution is 2.30. The maximum absolute atomic E-state index is 13.1.